The van der Waals surface area contributed by atoms with Crippen LogP contribution >= 0.6 is 23.4 Å². The summed E-state index contributed by atoms with van der Waals surface area (Å²) >= 11 is 7.60. The maximum Gasteiger partial charge on any atom is 0.232 e. The second-order valence-electron chi connectivity index (χ2n) is 7.70. The molecule has 29 heavy (non-hydrogen) atoms. The van der Waals surface area contributed by atoms with E-state index in [-0.39, 0.29) is 23.1 Å². The molecule has 1 aromatic heterocycles. The molecule has 0 radical (unpaired) electrons. The Morgan fingerprint density at radius 3 is 2.38 bits per heavy atom. The van der Waals surface area contributed by atoms with E-state index in [2.05, 4.69) is 27.6 Å². The lowest BCUT2D eigenvalue weighted by molar-refractivity contribution is -0.118. The molecule has 1 atom stereocenters. The molecule has 152 valence electrons. The Bertz CT molecular complexity index is 937. The van der Waals surface area contributed by atoms with Crippen LogP contribution in [0, 0.1) is 0 Å². The minimum atomic E-state index is -0.216. The maximum atomic E-state index is 12.4. The van der Waals surface area contributed by atoms with Crippen molar-refractivity contribution < 1.29 is 9.32 Å². The summed E-state index contributed by atoms with van der Waals surface area (Å²) in [7, 11) is 0. The Kier molecular flexibility index (Phi) is 6.98. The highest BCUT2D eigenvalue weighted by atomic mass is 35.5. The highest BCUT2D eigenvalue weighted by Gasteiger charge is 2.22. The van der Waals surface area contributed by atoms with Crippen molar-refractivity contribution in [1.29, 1.82) is 0 Å². The molecule has 1 amide bonds. The summed E-state index contributed by atoms with van der Waals surface area (Å²) in [4.78, 5) is 16.7. The first kappa shape index (κ1) is 21.4. The second-order valence-corrected chi connectivity index (χ2v) is 9.23. The van der Waals surface area contributed by atoms with E-state index in [1.807, 2.05) is 63.2 Å². The number of nitrogens with zero attached hydrogens (tertiary/aromatic N) is 2. The van der Waals surface area contributed by atoms with Gasteiger partial charge in [0, 0.05) is 10.4 Å². The van der Waals surface area contributed by atoms with E-state index in [1.165, 1.54) is 0 Å². The van der Waals surface area contributed by atoms with Crippen LogP contribution in [0.15, 0.2) is 59.1 Å². The van der Waals surface area contributed by atoms with Crippen molar-refractivity contribution >= 4 is 29.3 Å². The van der Waals surface area contributed by atoms with Gasteiger partial charge in [-0.15, -0.1) is 11.8 Å². The maximum absolute atomic E-state index is 12.4. The Labute approximate surface area is 180 Å². The number of benzene rings is 2. The number of aromatic nitrogens is 2. The zero-order valence-corrected chi connectivity index (χ0v) is 18.3. The highest BCUT2D eigenvalue weighted by molar-refractivity contribution is 8.00. The molecule has 0 aliphatic carbocycles. The molecule has 0 saturated carbocycles. The fourth-order valence-corrected chi connectivity index (χ4v) is 3.91. The van der Waals surface area contributed by atoms with Crippen molar-refractivity contribution in [3.63, 3.8) is 0 Å². The monoisotopic (exact) mass is 429 g/mol. The Hall–Kier alpha value is -2.31. The standard InChI is InChI=1S/C22H24ClN3O2S/c1-22(2,3)21-25-18(26-28-21)13-24-19(27)14-29-20(15-7-5-4-6-8-15)16-9-11-17(23)12-10-16/h4-12,20H,13-14H2,1-3H3,(H,24,27). The molecule has 1 unspecified atom stereocenters. The van der Waals surface area contributed by atoms with Crippen LogP contribution in [-0.2, 0) is 16.8 Å². The predicted molar refractivity (Wildman–Crippen MR) is 117 cm³/mol. The molecule has 3 rings (SSSR count). The Balaban J connectivity index is 1.61. The molecule has 0 fully saturated rings. The average molecular weight is 430 g/mol. The summed E-state index contributed by atoms with van der Waals surface area (Å²) in [6, 6.07) is 17.9. The van der Waals surface area contributed by atoms with Gasteiger partial charge in [-0.25, -0.2) is 0 Å². The quantitative estimate of drug-likeness (QED) is 0.561. The average Bonchev–Trinajstić information content (AvgIpc) is 3.18. The molecular weight excluding hydrogens is 406 g/mol. The summed E-state index contributed by atoms with van der Waals surface area (Å²) in [6.07, 6.45) is 0. The first-order chi connectivity index (χ1) is 13.8. The summed E-state index contributed by atoms with van der Waals surface area (Å²) in [6.45, 7) is 6.25. The van der Waals surface area contributed by atoms with Crippen molar-refractivity contribution in [3.05, 3.63) is 82.5 Å². The molecule has 2 aromatic carbocycles. The van der Waals surface area contributed by atoms with Crippen molar-refractivity contribution in [2.75, 3.05) is 5.75 Å². The lowest BCUT2D eigenvalue weighted by Crippen LogP contribution is -2.25. The van der Waals surface area contributed by atoms with E-state index in [0.29, 0.717) is 22.5 Å². The van der Waals surface area contributed by atoms with E-state index < -0.39 is 0 Å². The molecule has 0 saturated heterocycles. The van der Waals surface area contributed by atoms with Crippen LogP contribution < -0.4 is 5.32 Å². The minimum absolute atomic E-state index is 0.0388. The number of nitrogens with one attached hydrogen (secondary N) is 1. The van der Waals surface area contributed by atoms with Gasteiger partial charge in [0.2, 0.25) is 11.8 Å². The lowest BCUT2D eigenvalue weighted by Gasteiger charge is -2.17. The predicted octanol–water partition coefficient (Wildman–Crippen LogP) is 5.16. The molecule has 0 bridgehead atoms. The van der Waals surface area contributed by atoms with E-state index in [0.717, 1.165) is 11.1 Å². The second kappa shape index (κ2) is 9.46. The molecule has 0 aliphatic rings. The van der Waals surface area contributed by atoms with Crippen molar-refractivity contribution in [2.24, 2.45) is 0 Å². The van der Waals surface area contributed by atoms with Crippen molar-refractivity contribution in [2.45, 2.75) is 38.0 Å². The Morgan fingerprint density at radius 2 is 1.76 bits per heavy atom. The van der Waals surface area contributed by atoms with E-state index in [4.69, 9.17) is 16.1 Å². The molecule has 5 nitrogen and oxygen atoms in total. The summed E-state index contributed by atoms with van der Waals surface area (Å²) in [5, 5.41) is 7.53. The minimum Gasteiger partial charge on any atom is -0.348 e. The molecule has 1 heterocycles. The van der Waals surface area contributed by atoms with Gasteiger partial charge >= 0.3 is 0 Å². The number of carbonyl (C=O) groups excluding carboxylic acids is 1. The zero-order chi connectivity index (χ0) is 20.9. The summed E-state index contributed by atoms with van der Waals surface area (Å²) < 4.78 is 5.26. The fraction of sp³-hybridized carbons (Fsp3) is 0.318. The van der Waals surface area contributed by atoms with E-state index in [9.17, 15) is 4.79 Å². The van der Waals surface area contributed by atoms with Gasteiger partial charge in [-0.3, -0.25) is 4.79 Å². The van der Waals surface area contributed by atoms with Gasteiger partial charge < -0.3 is 9.84 Å². The van der Waals surface area contributed by atoms with Crippen LogP contribution in [0.4, 0.5) is 0 Å². The fourth-order valence-electron chi connectivity index (χ4n) is 2.67. The largest absolute Gasteiger partial charge is 0.348 e. The third-order valence-corrected chi connectivity index (χ3v) is 5.77. The molecule has 3 aromatic rings. The number of hydrogen-bond donors (Lipinski definition) is 1. The van der Waals surface area contributed by atoms with Gasteiger partial charge in [0.25, 0.3) is 0 Å². The summed E-state index contributed by atoms with van der Waals surface area (Å²) in [5.74, 6) is 1.27. The normalized spacial score (nSPS) is 12.6. The van der Waals surface area contributed by atoms with Crippen LogP contribution in [0.2, 0.25) is 5.02 Å². The molecule has 0 spiro atoms. The van der Waals surface area contributed by atoms with Gasteiger partial charge in [0.15, 0.2) is 5.82 Å². The third kappa shape index (κ3) is 6.08. The van der Waals surface area contributed by atoms with Gasteiger partial charge in [-0.1, -0.05) is 80.0 Å². The number of rotatable bonds is 7. The SMILES string of the molecule is CC(C)(C)c1nc(CNC(=O)CSC(c2ccccc2)c2ccc(Cl)cc2)no1. The third-order valence-electron chi connectivity index (χ3n) is 4.21. The number of halogens is 1. The highest BCUT2D eigenvalue weighted by Crippen LogP contribution is 2.35. The van der Waals surface area contributed by atoms with Crippen LogP contribution in [-0.4, -0.2) is 21.8 Å². The molecule has 1 N–H and O–H groups in total. The van der Waals surface area contributed by atoms with Crippen LogP contribution in [0.3, 0.4) is 0 Å². The zero-order valence-electron chi connectivity index (χ0n) is 16.7. The van der Waals surface area contributed by atoms with Gasteiger partial charge in [-0.05, 0) is 23.3 Å². The van der Waals surface area contributed by atoms with Gasteiger partial charge in [-0.2, -0.15) is 4.98 Å². The van der Waals surface area contributed by atoms with Crippen LogP contribution in [0.25, 0.3) is 0 Å². The van der Waals surface area contributed by atoms with E-state index >= 15 is 0 Å². The van der Waals surface area contributed by atoms with Crippen LogP contribution in [0.5, 0.6) is 0 Å². The van der Waals surface area contributed by atoms with Gasteiger partial charge in [0.05, 0.1) is 17.5 Å². The first-order valence-electron chi connectivity index (χ1n) is 9.35. The molecular formula is C22H24ClN3O2S. The smallest absolute Gasteiger partial charge is 0.232 e. The lowest BCUT2D eigenvalue weighted by atomic mass is 9.97. The van der Waals surface area contributed by atoms with Gasteiger partial charge in [0.1, 0.15) is 0 Å². The number of carbonyl (C=O) groups is 1. The number of thioether (sulfide) groups is 1. The Morgan fingerprint density at radius 1 is 1.10 bits per heavy atom. The van der Waals surface area contributed by atoms with Crippen molar-refractivity contribution in [1.82, 2.24) is 15.5 Å². The number of amides is 1. The number of hydrogen-bond acceptors (Lipinski definition) is 5. The first-order valence-corrected chi connectivity index (χ1v) is 10.8. The molecule has 0 aliphatic heterocycles. The topological polar surface area (TPSA) is 68.0 Å². The van der Waals surface area contributed by atoms with Crippen molar-refractivity contribution in [3.8, 4) is 0 Å². The van der Waals surface area contributed by atoms with E-state index in [1.54, 1.807) is 11.8 Å². The van der Waals surface area contributed by atoms with Crippen LogP contribution in [0.1, 0.15) is 48.9 Å². The molecule has 7 heteroatoms. The summed E-state index contributed by atoms with van der Waals surface area (Å²) in [5.41, 5.74) is 2.03.